The normalized spacial score (nSPS) is 11.4. The molecule has 1 amide bonds. The van der Waals surface area contributed by atoms with Gasteiger partial charge in [0.2, 0.25) is 5.91 Å². The summed E-state index contributed by atoms with van der Waals surface area (Å²) in [6, 6.07) is 10.3. The average Bonchev–Trinajstić information content (AvgIpc) is 2.47. The van der Waals surface area contributed by atoms with Crippen LogP contribution in [-0.2, 0) is 11.2 Å². The summed E-state index contributed by atoms with van der Waals surface area (Å²) in [6.07, 6.45) is 7.42. The summed E-state index contributed by atoms with van der Waals surface area (Å²) in [7, 11) is 0. The number of rotatable bonds is 10. The summed E-state index contributed by atoms with van der Waals surface area (Å²) in [6.45, 7) is 7.53. The summed E-state index contributed by atoms with van der Waals surface area (Å²) in [5.41, 5.74) is 1.61. The minimum Gasteiger partial charge on any atom is -0.356 e. The van der Waals surface area contributed by atoms with Crippen LogP contribution in [0.4, 0.5) is 0 Å². The minimum atomic E-state index is 0.198. The fraction of sp³-hybridized carbons (Fsp3) is 0.632. The molecular weight excluding hydrogens is 258 g/mol. The molecule has 2 nitrogen and oxygen atoms in total. The predicted molar refractivity (Wildman–Crippen MR) is 90.3 cm³/mol. The van der Waals surface area contributed by atoms with Crippen LogP contribution >= 0.6 is 0 Å². The summed E-state index contributed by atoms with van der Waals surface area (Å²) < 4.78 is 0. The SMILES string of the molecule is CCCC(C)(CCC)CCC(=O)NCCc1ccccc1. The highest BCUT2D eigenvalue weighted by molar-refractivity contribution is 5.75. The molecule has 21 heavy (non-hydrogen) atoms. The van der Waals surface area contributed by atoms with Gasteiger partial charge in [-0.15, -0.1) is 0 Å². The first-order chi connectivity index (χ1) is 10.1. The summed E-state index contributed by atoms with van der Waals surface area (Å²) in [5, 5.41) is 3.05. The second-order valence-electron chi connectivity index (χ2n) is 6.40. The Morgan fingerprint density at radius 1 is 1.05 bits per heavy atom. The molecule has 0 spiro atoms. The molecular formula is C19H31NO. The van der Waals surface area contributed by atoms with E-state index in [0.29, 0.717) is 11.8 Å². The van der Waals surface area contributed by atoms with Gasteiger partial charge < -0.3 is 5.32 Å². The van der Waals surface area contributed by atoms with E-state index >= 15 is 0 Å². The number of nitrogens with one attached hydrogen (secondary N) is 1. The monoisotopic (exact) mass is 289 g/mol. The highest BCUT2D eigenvalue weighted by atomic mass is 16.1. The summed E-state index contributed by atoms with van der Waals surface area (Å²) in [5.74, 6) is 0.198. The van der Waals surface area contributed by atoms with Gasteiger partial charge in [0.25, 0.3) is 0 Å². The van der Waals surface area contributed by atoms with Crippen molar-refractivity contribution in [1.29, 1.82) is 0 Å². The third kappa shape index (κ3) is 7.31. The van der Waals surface area contributed by atoms with Gasteiger partial charge >= 0.3 is 0 Å². The van der Waals surface area contributed by atoms with Gasteiger partial charge in [-0.2, -0.15) is 0 Å². The third-order valence-electron chi connectivity index (χ3n) is 4.24. The smallest absolute Gasteiger partial charge is 0.220 e. The second kappa shape index (κ2) is 9.59. The van der Waals surface area contributed by atoms with Crippen molar-refractivity contribution in [2.24, 2.45) is 5.41 Å². The number of benzene rings is 1. The van der Waals surface area contributed by atoms with Gasteiger partial charge in [0, 0.05) is 13.0 Å². The van der Waals surface area contributed by atoms with Crippen LogP contribution in [0.2, 0.25) is 0 Å². The van der Waals surface area contributed by atoms with Crippen LogP contribution in [0.15, 0.2) is 30.3 Å². The van der Waals surface area contributed by atoms with Gasteiger partial charge in [-0.3, -0.25) is 4.79 Å². The first-order valence-electron chi connectivity index (χ1n) is 8.40. The maximum Gasteiger partial charge on any atom is 0.220 e. The van der Waals surface area contributed by atoms with Gasteiger partial charge in [-0.1, -0.05) is 63.9 Å². The highest BCUT2D eigenvalue weighted by Gasteiger charge is 2.22. The van der Waals surface area contributed by atoms with Crippen molar-refractivity contribution in [1.82, 2.24) is 5.32 Å². The Hall–Kier alpha value is -1.31. The first kappa shape index (κ1) is 17.7. The van der Waals surface area contributed by atoms with Crippen LogP contribution in [0.5, 0.6) is 0 Å². The van der Waals surface area contributed by atoms with Crippen molar-refractivity contribution in [2.45, 2.75) is 65.7 Å². The van der Waals surface area contributed by atoms with E-state index in [1.807, 2.05) is 18.2 Å². The van der Waals surface area contributed by atoms with Crippen LogP contribution in [0, 0.1) is 5.41 Å². The molecule has 0 fully saturated rings. The fourth-order valence-corrected chi connectivity index (χ4v) is 3.08. The molecule has 0 aliphatic rings. The van der Waals surface area contributed by atoms with Crippen LogP contribution in [0.1, 0.15) is 64.9 Å². The molecule has 0 saturated carbocycles. The Labute approximate surface area is 130 Å². The molecule has 0 radical (unpaired) electrons. The Kier molecular flexibility index (Phi) is 8.11. The maximum absolute atomic E-state index is 12.0. The van der Waals surface area contributed by atoms with E-state index in [9.17, 15) is 4.79 Å². The maximum atomic E-state index is 12.0. The first-order valence-corrected chi connectivity index (χ1v) is 8.40. The molecule has 0 heterocycles. The van der Waals surface area contributed by atoms with Gasteiger partial charge in [-0.05, 0) is 36.7 Å². The topological polar surface area (TPSA) is 29.1 Å². The Morgan fingerprint density at radius 3 is 2.24 bits per heavy atom. The van der Waals surface area contributed by atoms with Crippen LogP contribution < -0.4 is 5.32 Å². The molecule has 0 saturated heterocycles. The van der Waals surface area contributed by atoms with Crippen molar-refractivity contribution in [3.8, 4) is 0 Å². The Morgan fingerprint density at radius 2 is 1.67 bits per heavy atom. The standard InChI is InChI=1S/C19H31NO/c1-4-13-19(3,14-5-2)15-11-18(21)20-16-12-17-9-7-6-8-10-17/h6-10H,4-5,11-16H2,1-3H3,(H,20,21). The van der Waals surface area contributed by atoms with Crippen molar-refractivity contribution in [3.05, 3.63) is 35.9 Å². The fourth-order valence-electron chi connectivity index (χ4n) is 3.08. The number of amides is 1. The largest absolute Gasteiger partial charge is 0.356 e. The lowest BCUT2D eigenvalue weighted by Gasteiger charge is -2.28. The van der Waals surface area contributed by atoms with Gasteiger partial charge in [0.05, 0.1) is 0 Å². The molecule has 0 aromatic heterocycles. The Bertz CT molecular complexity index is 393. The van der Waals surface area contributed by atoms with Crippen molar-refractivity contribution in [2.75, 3.05) is 6.54 Å². The van der Waals surface area contributed by atoms with Crippen LogP contribution in [0.25, 0.3) is 0 Å². The molecule has 0 bridgehead atoms. The predicted octanol–water partition coefficient (Wildman–Crippen LogP) is 4.73. The molecule has 1 rings (SSSR count). The molecule has 1 N–H and O–H groups in total. The van der Waals surface area contributed by atoms with Crippen molar-refractivity contribution < 1.29 is 4.79 Å². The zero-order chi connectivity index (χ0) is 15.6. The average molecular weight is 289 g/mol. The number of hydrogen-bond acceptors (Lipinski definition) is 1. The van der Waals surface area contributed by atoms with E-state index in [1.165, 1.54) is 31.2 Å². The highest BCUT2D eigenvalue weighted by Crippen LogP contribution is 2.34. The summed E-state index contributed by atoms with van der Waals surface area (Å²) in [4.78, 5) is 12.0. The zero-order valence-corrected chi connectivity index (χ0v) is 14.0. The Balaban J connectivity index is 2.26. The molecule has 118 valence electrons. The third-order valence-corrected chi connectivity index (χ3v) is 4.24. The van der Waals surface area contributed by atoms with E-state index in [4.69, 9.17) is 0 Å². The van der Waals surface area contributed by atoms with Crippen LogP contribution in [-0.4, -0.2) is 12.5 Å². The minimum absolute atomic E-state index is 0.198. The van der Waals surface area contributed by atoms with Gasteiger partial charge in [-0.25, -0.2) is 0 Å². The van der Waals surface area contributed by atoms with E-state index in [2.05, 4.69) is 38.2 Å². The molecule has 0 aliphatic heterocycles. The zero-order valence-electron chi connectivity index (χ0n) is 14.0. The molecule has 1 aromatic rings. The van der Waals surface area contributed by atoms with E-state index in [1.54, 1.807) is 0 Å². The molecule has 2 heteroatoms. The van der Waals surface area contributed by atoms with Crippen molar-refractivity contribution in [3.63, 3.8) is 0 Å². The van der Waals surface area contributed by atoms with Gasteiger partial charge in [0.15, 0.2) is 0 Å². The number of hydrogen-bond donors (Lipinski definition) is 1. The quantitative estimate of drug-likeness (QED) is 0.662. The lowest BCUT2D eigenvalue weighted by atomic mass is 9.77. The number of carbonyl (C=O) groups excluding carboxylic acids is 1. The lowest BCUT2D eigenvalue weighted by Crippen LogP contribution is -2.27. The molecule has 1 aromatic carbocycles. The van der Waals surface area contributed by atoms with Gasteiger partial charge in [0.1, 0.15) is 0 Å². The van der Waals surface area contributed by atoms with Crippen LogP contribution in [0.3, 0.4) is 0 Å². The lowest BCUT2D eigenvalue weighted by molar-refractivity contribution is -0.121. The van der Waals surface area contributed by atoms with Crippen molar-refractivity contribution >= 4 is 5.91 Å². The number of carbonyl (C=O) groups is 1. The second-order valence-corrected chi connectivity index (χ2v) is 6.40. The summed E-state index contributed by atoms with van der Waals surface area (Å²) >= 11 is 0. The molecule has 0 atom stereocenters. The molecule has 0 aliphatic carbocycles. The molecule has 0 unspecified atom stereocenters. The van der Waals surface area contributed by atoms with E-state index in [-0.39, 0.29) is 5.91 Å². The van der Waals surface area contributed by atoms with E-state index < -0.39 is 0 Å². The van der Waals surface area contributed by atoms with E-state index in [0.717, 1.165) is 19.4 Å².